The average Bonchev–Trinajstić information content (AvgIpc) is 3.37. The smallest absolute Gasteiger partial charge is 0.306 e. The molecule has 0 fully saturated rings. The summed E-state index contributed by atoms with van der Waals surface area (Å²) in [4.78, 5) is 38.2. The number of hydrogen-bond acceptors (Lipinski definition) is 6. The quantitative estimate of drug-likeness (QED) is 0.0261. The zero-order chi connectivity index (χ0) is 51.4. The Morgan fingerprint density at radius 1 is 0.296 bits per heavy atom. The van der Waals surface area contributed by atoms with E-state index in [4.69, 9.17) is 14.2 Å². The molecule has 0 aliphatic rings. The largest absolute Gasteiger partial charge is 0.462 e. The van der Waals surface area contributed by atoms with Crippen LogP contribution >= 0.6 is 0 Å². The minimum atomic E-state index is -0.780. The molecule has 0 bridgehead atoms. The van der Waals surface area contributed by atoms with Crippen LogP contribution in [0.3, 0.4) is 0 Å². The van der Waals surface area contributed by atoms with Crippen molar-refractivity contribution in [1.29, 1.82) is 0 Å². The SMILES string of the molecule is CC/C=C\C/C=C\C/C=C\CCCCCC(=O)OCC(COC(=O)CCCCCCCCCCCCCCCCCCCCCCCCCCC)OC(=O)CCCCCCCCCCCCCCCCC. The first-order valence-electron chi connectivity index (χ1n) is 31.5. The Hall–Kier alpha value is -2.37. The topological polar surface area (TPSA) is 78.9 Å². The van der Waals surface area contributed by atoms with Gasteiger partial charge < -0.3 is 14.2 Å². The number of allylic oxidation sites excluding steroid dienone is 6. The third-order valence-electron chi connectivity index (χ3n) is 14.2. The van der Waals surface area contributed by atoms with Gasteiger partial charge in [0.1, 0.15) is 13.2 Å². The first-order valence-corrected chi connectivity index (χ1v) is 31.5. The third-order valence-corrected chi connectivity index (χ3v) is 14.2. The molecule has 0 aromatic heterocycles. The Bertz CT molecular complexity index is 1190. The van der Waals surface area contributed by atoms with Gasteiger partial charge in [0.2, 0.25) is 0 Å². The molecule has 6 heteroatoms. The van der Waals surface area contributed by atoms with Crippen LogP contribution in [0.1, 0.15) is 342 Å². The van der Waals surface area contributed by atoms with Crippen LogP contribution in [0.2, 0.25) is 0 Å². The minimum Gasteiger partial charge on any atom is -0.462 e. The molecule has 0 spiro atoms. The summed E-state index contributed by atoms with van der Waals surface area (Å²) in [5.74, 6) is -0.884. The molecular weight excluding hydrogens is 877 g/mol. The molecule has 0 saturated carbocycles. The molecular formula is C65H120O6. The van der Waals surface area contributed by atoms with E-state index in [-0.39, 0.29) is 31.1 Å². The van der Waals surface area contributed by atoms with Crippen LogP contribution in [0.15, 0.2) is 36.5 Å². The van der Waals surface area contributed by atoms with Crippen LogP contribution in [-0.2, 0) is 28.6 Å². The van der Waals surface area contributed by atoms with Gasteiger partial charge in [-0.05, 0) is 51.4 Å². The summed E-state index contributed by atoms with van der Waals surface area (Å²) < 4.78 is 16.9. The number of unbranched alkanes of at least 4 members (excludes halogenated alkanes) is 41. The van der Waals surface area contributed by atoms with Crippen molar-refractivity contribution in [1.82, 2.24) is 0 Å². The highest BCUT2D eigenvalue weighted by Gasteiger charge is 2.19. The van der Waals surface area contributed by atoms with Crippen molar-refractivity contribution in [3.05, 3.63) is 36.5 Å². The summed E-state index contributed by atoms with van der Waals surface area (Å²) in [5.41, 5.74) is 0. The second kappa shape index (κ2) is 60.2. The van der Waals surface area contributed by atoms with Gasteiger partial charge in [-0.15, -0.1) is 0 Å². The zero-order valence-corrected chi connectivity index (χ0v) is 47.8. The maximum Gasteiger partial charge on any atom is 0.306 e. The molecule has 0 aliphatic carbocycles. The van der Waals surface area contributed by atoms with Crippen LogP contribution in [0.5, 0.6) is 0 Å². The van der Waals surface area contributed by atoms with Gasteiger partial charge in [0.25, 0.3) is 0 Å². The van der Waals surface area contributed by atoms with E-state index in [9.17, 15) is 14.4 Å². The molecule has 0 rings (SSSR count). The molecule has 1 unspecified atom stereocenters. The fraction of sp³-hybridized carbons (Fsp3) is 0.862. The van der Waals surface area contributed by atoms with Crippen LogP contribution < -0.4 is 0 Å². The van der Waals surface area contributed by atoms with E-state index in [1.54, 1.807) is 0 Å². The highest BCUT2D eigenvalue weighted by molar-refractivity contribution is 5.71. The van der Waals surface area contributed by atoms with Gasteiger partial charge in [0.15, 0.2) is 6.10 Å². The molecule has 0 radical (unpaired) electrons. The van der Waals surface area contributed by atoms with E-state index in [2.05, 4.69) is 57.2 Å². The van der Waals surface area contributed by atoms with Gasteiger partial charge in [0, 0.05) is 19.3 Å². The Balaban J connectivity index is 4.22. The number of carbonyl (C=O) groups excluding carboxylic acids is 3. The van der Waals surface area contributed by atoms with Gasteiger partial charge in [0.05, 0.1) is 0 Å². The van der Waals surface area contributed by atoms with E-state index >= 15 is 0 Å². The molecule has 1 atom stereocenters. The zero-order valence-electron chi connectivity index (χ0n) is 47.8. The highest BCUT2D eigenvalue weighted by Crippen LogP contribution is 2.18. The molecule has 416 valence electrons. The Morgan fingerprint density at radius 3 is 0.859 bits per heavy atom. The Morgan fingerprint density at radius 2 is 0.549 bits per heavy atom. The standard InChI is InChI=1S/C65H120O6/c1-4-7-10-13-16-19-22-25-27-28-29-30-31-32-33-34-35-36-38-40-43-46-49-52-55-58-64(67)70-61-62(60-69-63(66)57-54-51-48-45-42-39-24-21-18-15-12-9-6-3)71-65(68)59-56-53-50-47-44-41-37-26-23-20-17-14-11-8-5-2/h9,12,18,21,39,42,62H,4-8,10-11,13-17,19-20,22-38,40-41,43-61H2,1-3H3/b12-9-,21-18-,42-39-. The average molecular weight is 998 g/mol. The van der Waals surface area contributed by atoms with Crippen LogP contribution in [-0.4, -0.2) is 37.2 Å². The number of rotatable bonds is 58. The number of carbonyl (C=O) groups is 3. The van der Waals surface area contributed by atoms with Crippen molar-refractivity contribution in [2.75, 3.05) is 13.2 Å². The summed E-state index contributed by atoms with van der Waals surface area (Å²) >= 11 is 0. The fourth-order valence-corrected chi connectivity index (χ4v) is 9.46. The molecule has 0 aliphatic heterocycles. The lowest BCUT2D eigenvalue weighted by atomic mass is 10.0. The van der Waals surface area contributed by atoms with E-state index in [0.717, 1.165) is 83.5 Å². The Kier molecular flexibility index (Phi) is 58.2. The maximum atomic E-state index is 12.9. The summed E-state index contributed by atoms with van der Waals surface area (Å²) in [5, 5.41) is 0. The van der Waals surface area contributed by atoms with Crippen molar-refractivity contribution >= 4 is 17.9 Å². The van der Waals surface area contributed by atoms with E-state index in [0.29, 0.717) is 19.3 Å². The second-order valence-electron chi connectivity index (χ2n) is 21.3. The van der Waals surface area contributed by atoms with Crippen molar-refractivity contribution in [2.24, 2.45) is 0 Å². The summed E-state index contributed by atoms with van der Waals surface area (Å²) in [6, 6.07) is 0. The molecule has 0 aromatic rings. The predicted molar refractivity (Wildman–Crippen MR) is 307 cm³/mol. The van der Waals surface area contributed by atoms with E-state index in [1.807, 2.05) is 0 Å². The minimum absolute atomic E-state index is 0.0763. The van der Waals surface area contributed by atoms with Crippen LogP contribution in [0.4, 0.5) is 0 Å². The Labute approximate surface area is 442 Å². The normalized spacial score (nSPS) is 12.2. The first kappa shape index (κ1) is 68.6. The molecule has 0 heterocycles. The van der Waals surface area contributed by atoms with Crippen LogP contribution in [0.25, 0.3) is 0 Å². The van der Waals surface area contributed by atoms with Crippen LogP contribution in [0, 0.1) is 0 Å². The molecule has 0 saturated heterocycles. The second-order valence-corrected chi connectivity index (χ2v) is 21.3. The molecule has 71 heavy (non-hydrogen) atoms. The molecule has 6 nitrogen and oxygen atoms in total. The fourth-order valence-electron chi connectivity index (χ4n) is 9.46. The number of ether oxygens (including phenoxy) is 3. The van der Waals surface area contributed by atoms with E-state index < -0.39 is 6.10 Å². The van der Waals surface area contributed by atoms with Crippen molar-refractivity contribution in [3.8, 4) is 0 Å². The lowest BCUT2D eigenvalue weighted by Gasteiger charge is -2.18. The van der Waals surface area contributed by atoms with Gasteiger partial charge in [-0.25, -0.2) is 0 Å². The molecule has 0 N–H and O–H groups in total. The van der Waals surface area contributed by atoms with Crippen molar-refractivity contribution in [3.63, 3.8) is 0 Å². The first-order chi connectivity index (χ1) is 35.0. The lowest BCUT2D eigenvalue weighted by Crippen LogP contribution is -2.30. The summed E-state index contributed by atoms with van der Waals surface area (Å²) in [6.07, 6.45) is 73.1. The molecule has 0 aromatic carbocycles. The number of hydrogen-bond donors (Lipinski definition) is 0. The van der Waals surface area contributed by atoms with Gasteiger partial charge >= 0.3 is 17.9 Å². The van der Waals surface area contributed by atoms with Gasteiger partial charge in [-0.2, -0.15) is 0 Å². The van der Waals surface area contributed by atoms with Crippen molar-refractivity contribution < 1.29 is 28.6 Å². The number of esters is 3. The summed E-state index contributed by atoms with van der Waals surface area (Å²) in [6.45, 7) is 6.56. The monoisotopic (exact) mass is 997 g/mol. The van der Waals surface area contributed by atoms with E-state index in [1.165, 1.54) is 218 Å². The van der Waals surface area contributed by atoms with Gasteiger partial charge in [-0.3, -0.25) is 14.4 Å². The predicted octanol–water partition coefficient (Wildman–Crippen LogP) is 21.2. The third kappa shape index (κ3) is 58.4. The van der Waals surface area contributed by atoms with Gasteiger partial charge in [-0.1, -0.05) is 308 Å². The lowest BCUT2D eigenvalue weighted by molar-refractivity contribution is -0.167. The van der Waals surface area contributed by atoms with Crippen molar-refractivity contribution in [2.45, 2.75) is 348 Å². The molecule has 0 amide bonds. The highest BCUT2D eigenvalue weighted by atomic mass is 16.6. The summed E-state index contributed by atoms with van der Waals surface area (Å²) in [7, 11) is 0. The maximum absolute atomic E-state index is 12.9.